The molecule has 14 heavy (non-hydrogen) atoms. The number of benzene rings is 1. The van der Waals surface area contributed by atoms with E-state index in [1.165, 1.54) is 12.0 Å². The second-order valence-electron chi connectivity index (χ2n) is 4.04. The average Bonchev–Trinajstić information content (AvgIpc) is 2.65. The van der Waals surface area contributed by atoms with Gasteiger partial charge in [0, 0.05) is 11.6 Å². The van der Waals surface area contributed by atoms with Crippen LogP contribution in [-0.4, -0.2) is 13.7 Å². The van der Waals surface area contributed by atoms with Crippen molar-refractivity contribution in [3.63, 3.8) is 0 Å². The molecule has 0 aromatic heterocycles. The van der Waals surface area contributed by atoms with Crippen LogP contribution in [0.4, 0.5) is 0 Å². The number of para-hydroxylation sites is 1. The zero-order valence-corrected chi connectivity index (χ0v) is 8.79. The Hall–Kier alpha value is -1.02. The predicted octanol–water partition coefficient (Wildman–Crippen LogP) is 2.37. The topological polar surface area (TPSA) is 21.3 Å². The molecule has 76 valence electrons. The molecule has 2 rings (SSSR count). The van der Waals surface area contributed by atoms with Crippen LogP contribution >= 0.6 is 0 Å². The molecular formula is C12H17NO. The Kier molecular flexibility index (Phi) is 2.73. The molecule has 0 spiro atoms. The summed E-state index contributed by atoms with van der Waals surface area (Å²) in [6.45, 7) is 3.39. The zero-order valence-electron chi connectivity index (χ0n) is 8.79. The van der Waals surface area contributed by atoms with Gasteiger partial charge in [-0.3, -0.25) is 0 Å². The fourth-order valence-electron chi connectivity index (χ4n) is 2.10. The monoisotopic (exact) mass is 191 g/mol. The van der Waals surface area contributed by atoms with Gasteiger partial charge in [-0.1, -0.05) is 25.1 Å². The molecule has 1 fully saturated rings. The van der Waals surface area contributed by atoms with Gasteiger partial charge in [0.15, 0.2) is 0 Å². The Morgan fingerprint density at radius 3 is 2.79 bits per heavy atom. The highest BCUT2D eigenvalue weighted by Crippen LogP contribution is 2.32. The lowest BCUT2D eigenvalue weighted by atomic mass is 10.0. The molecule has 1 aromatic carbocycles. The minimum Gasteiger partial charge on any atom is -0.496 e. The largest absolute Gasteiger partial charge is 0.496 e. The summed E-state index contributed by atoms with van der Waals surface area (Å²) < 4.78 is 5.35. The summed E-state index contributed by atoms with van der Waals surface area (Å²) in [6.07, 6.45) is 1.21. The number of hydrogen-bond donors (Lipinski definition) is 1. The molecule has 1 heterocycles. The molecule has 1 aliphatic heterocycles. The summed E-state index contributed by atoms with van der Waals surface area (Å²) in [6, 6.07) is 8.73. The van der Waals surface area contributed by atoms with E-state index in [-0.39, 0.29) is 0 Å². The van der Waals surface area contributed by atoms with Crippen molar-refractivity contribution in [3.05, 3.63) is 29.8 Å². The second-order valence-corrected chi connectivity index (χ2v) is 4.04. The van der Waals surface area contributed by atoms with Crippen LogP contribution in [0.3, 0.4) is 0 Å². The highest BCUT2D eigenvalue weighted by molar-refractivity contribution is 5.36. The molecule has 0 amide bonds. The Balaban J connectivity index is 2.22. The van der Waals surface area contributed by atoms with Gasteiger partial charge in [0.2, 0.25) is 0 Å². The third kappa shape index (κ3) is 1.75. The quantitative estimate of drug-likeness (QED) is 0.775. The van der Waals surface area contributed by atoms with E-state index >= 15 is 0 Å². The fraction of sp³-hybridized carbons (Fsp3) is 0.500. The molecular weight excluding hydrogens is 174 g/mol. The normalized spacial score (nSPS) is 26.4. The van der Waals surface area contributed by atoms with Crippen molar-refractivity contribution in [2.45, 2.75) is 19.4 Å². The summed E-state index contributed by atoms with van der Waals surface area (Å²) in [4.78, 5) is 0. The van der Waals surface area contributed by atoms with Gasteiger partial charge in [0.25, 0.3) is 0 Å². The molecule has 2 heteroatoms. The van der Waals surface area contributed by atoms with Gasteiger partial charge in [-0.05, 0) is 24.9 Å². The van der Waals surface area contributed by atoms with Crippen LogP contribution < -0.4 is 10.1 Å². The van der Waals surface area contributed by atoms with Crippen molar-refractivity contribution < 1.29 is 4.74 Å². The highest BCUT2D eigenvalue weighted by atomic mass is 16.5. The smallest absolute Gasteiger partial charge is 0.123 e. The lowest BCUT2D eigenvalue weighted by Crippen LogP contribution is -2.14. The Labute approximate surface area is 85.3 Å². The summed E-state index contributed by atoms with van der Waals surface area (Å²) in [5.74, 6) is 1.77. The first kappa shape index (κ1) is 9.53. The number of ether oxygens (including phenoxy) is 1. The molecule has 2 nitrogen and oxygen atoms in total. The molecule has 1 saturated heterocycles. The van der Waals surface area contributed by atoms with Crippen LogP contribution in [0.1, 0.15) is 24.9 Å². The number of rotatable bonds is 2. The fourth-order valence-corrected chi connectivity index (χ4v) is 2.10. The number of nitrogens with one attached hydrogen (secondary N) is 1. The molecule has 0 aliphatic carbocycles. The van der Waals surface area contributed by atoms with Crippen LogP contribution in [0.15, 0.2) is 24.3 Å². The Morgan fingerprint density at radius 2 is 2.14 bits per heavy atom. The van der Waals surface area contributed by atoms with Gasteiger partial charge in [-0.15, -0.1) is 0 Å². The predicted molar refractivity (Wildman–Crippen MR) is 57.5 cm³/mol. The molecule has 0 bridgehead atoms. The van der Waals surface area contributed by atoms with Crippen LogP contribution in [0, 0.1) is 5.92 Å². The van der Waals surface area contributed by atoms with E-state index in [9.17, 15) is 0 Å². The number of methoxy groups -OCH3 is 1. The van der Waals surface area contributed by atoms with Gasteiger partial charge in [-0.25, -0.2) is 0 Å². The van der Waals surface area contributed by atoms with Crippen molar-refractivity contribution in [1.29, 1.82) is 0 Å². The van der Waals surface area contributed by atoms with Crippen LogP contribution in [0.5, 0.6) is 5.75 Å². The molecule has 0 saturated carbocycles. The third-order valence-corrected chi connectivity index (χ3v) is 2.87. The first-order valence-electron chi connectivity index (χ1n) is 5.17. The van der Waals surface area contributed by atoms with E-state index in [4.69, 9.17) is 4.74 Å². The lowest BCUT2D eigenvalue weighted by Gasteiger charge is -2.14. The van der Waals surface area contributed by atoms with Crippen LogP contribution in [-0.2, 0) is 0 Å². The Morgan fingerprint density at radius 1 is 1.36 bits per heavy atom. The van der Waals surface area contributed by atoms with E-state index in [2.05, 4.69) is 24.4 Å². The second kappa shape index (κ2) is 4.01. The van der Waals surface area contributed by atoms with Gasteiger partial charge >= 0.3 is 0 Å². The zero-order chi connectivity index (χ0) is 9.97. The Bertz CT molecular complexity index is 311. The molecule has 0 radical (unpaired) electrons. The van der Waals surface area contributed by atoms with Crippen molar-refractivity contribution in [2.24, 2.45) is 5.92 Å². The third-order valence-electron chi connectivity index (χ3n) is 2.87. The molecule has 1 N–H and O–H groups in total. The summed E-state index contributed by atoms with van der Waals surface area (Å²) in [5.41, 5.74) is 1.29. The minimum atomic E-state index is 0.473. The maximum atomic E-state index is 5.35. The van der Waals surface area contributed by atoms with E-state index in [0.29, 0.717) is 6.04 Å². The summed E-state index contributed by atoms with van der Waals surface area (Å²) >= 11 is 0. The lowest BCUT2D eigenvalue weighted by molar-refractivity contribution is 0.403. The van der Waals surface area contributed by atoms with E-state index in [1.807, 2.05) is 12.1 Å². The van der Waals surface area contributed by atoms with Crippen molar-refractivity contribution in [2.75, 3.05) is 13.7 Å². The van der Waals surface area contributed by atoms with Crippen molar-refractivity contribution in [3.8, 4) is 5.75 Å². The molecule has 2 atom stereocenters. The molecule has 0 unspecified atom stereocenters. The summed E-state index contributed by atoms with van der Waals surface area (Å²) in [5, 5.41) is 3.52. The van der Waals surface area contributed by atoms with Crippen LogP contribution in [0.2, 0.25) is 0 Å². The first-order chi connectivity index (χ1) is 6.81. The van der Waals surface area contributed by atoms with Gasteiger partial charge < -0.3 is 10.1 Å². The van der Waals surface area contributed by atoms with E-state index < -0.39 is 0 Å². The molecule has 1 aromatic rings. The maximum absolute atomic E-state index is 5.35. The van der Waals surface area contributed by atoms with Crippen molar-refractivity contribution in [1.82, 2.24) is 5.32 Å². The average molecular weight is 191 g/mol. The highest BCUT2D eigenvalue weighted by Gasteiger charge is 2.23. The first-order valence-corrected chi connectivity index (χ1v) is 5.17. The SMILES string of the molecule is COc1ccccc1[C@H]1C[C@H](C)CN1. The van der Waals surface area contributed by atoms with Crippen molar-refractivity contribution >= 4 is 0 Å². The van der Waals surface area contributed by atoms with E-state index in [0.717, 1.165) is 18.2 Å². The number of hydrogen-bond acceptors (Lipinski definition) is 2. The maximum Gasteiger partial charge on any atom is 0.123 e. The summed E-state index contributed by atoms with van der Waals surface area (Å²) in [7, 11) is 1.73. The standard InChI is InChI=1S/C12H17NO/c1-9-7-11(13-8-9)10-5-3-4-6-12(10)14-2/h3-6,9,11,13H,7-8H2,1-2H3/t9-,11+/m0/s1. The van der Waals surface area contributed by atoms with E-state index in [1.54, 1.807) is 7.11 Å². The van der Waals surface area contributed by atoms with Gasteiger partial charge in [0.05, 0.1) is 7.11 Å². The minimum absolute atomic E-state index is 0.473. The molecule has 1 aliphatic rings. The van der Waals surface area contributed by atoms with Gasteiger partial charge in [0.1, 0.15) is 5.75 Å². The van der Waals surface area contributed by atoms with Gasteiger partial charge in [-0.2, -0.15) is 0 Å². The van der Waals surface area contributed by atoms with Crippen LogP contribution in [0.25, 0.3) is 0 Å².